The number of fused-ring (bicyclic) bond motifs is 6. The van der Waals surface area contributed by atoms with E-state index in [4.69, 9.17) is 15.0 Å². The summed E-state index contributed by atoms with van der Waals surface area (Å²) in [6.45, 7) is 8.45. The van der Waals surface area contributed by atoms with E-state index in [0.29, 0.717) is 34.2 Å². The van der Waals surface area contributed by atoms with Crippen molar-refractivity contribution in [2.75, 3.05) is 0 Å². The van der Waals surface area contributed by atoms with Crippen molar-refractivity contribution < 1.29 is 0 Å². The van der Waals surface area contributed by atoms with Gasteiger partial charge in [-0.1, -0.05) is 95.1 Å². The third-order valence-corrected chi connectivity index (χ3v) is 12.3. The summed E-state index contributed by atoms with van der Waals surface area (Å²) in [4.78, 5) is 15.3. The molecule has 11 aromatic rings. The Hall–Kier alpha value is -8.65. The zero-order valence-corrected chi connectivity index (χ0v) is 35.7. The number of aromatic nitrogens is 5. The molecule has 64 heavy (non-hydrogen) atoms. The molecule has 3 heterocycles. The van der Waals surface area contributed by atoms with E-state index in [1.165, 1.54) is 33.0 Å². The first-order valence-corrected chi connectivity index (χ1v) is 21.3. The molecule has 3 aromatic heterocycles. The van der Waals surface area contributed by atoms with E-state index in [0.717, 1.165) is 66.5 Å². The molecule has 8 aromatic carbocycles. The van der Waals surface area contributed by atoms with Crippen LogP contribution in [0.5, 0.6) is 0 Å². The van der Waals surface area contributed by atoms with Gasteiger partial charge in [0.05, 0.1) is 50.6 Å². The number of benzene rings is 8. The van der Waals surface area contributed by atoms with E-state index in [9.17, 15) is 10.5 Å². The maximum Gasteiger partial charge on any atom is 0.164 e. The summed E-state index contributed by atoms with van der Waals surface area (Å²) >= 11 is 0. The van der Waals surface area contributed by atoms with Gasteiger partial charge in [0.15, 0.2) is 17.5 Å². The van der Waals surface area contributed by atoms with Crippen molar-refractivity contribution in [2.45, 2.75) is 27.7 Å². The smallest absolute Gasteiger partial charge is 0.164 e. The lowest BCUT2D eigenvalue weighted by atomic mass is 9.96. The molecule has 0 saturated heterocycles. The van der Waals surface area contributed by atoms with Crippen LogP contribution >= 0.6 is 0 Å². The van der Waals surface area contributed by atoms with Gasteiger partial charge in [-0.25, -0.2) is 15.0 Å². The molecule has 0 fully saturated rings. The monoisotopic (exact) mass is 821 g/mol. The number of hydrogen-bond donors (Lipinski definition) is 0. The standard InChI is InChI=1S/C57H39N7/c1-34-14-20-50-44(26-34)45-27-35(2)15-21-51(45)63(50)49-24-18-39(30-42(49)33-59)56-60-55(38-10-6-5-7-11-38)61-57(62-56)40-19-25-54(48(31-40)43-13-9-8-12-41(43)32-58)64-52-22-16-36(3)28-46(52)47-29-37(4)17-23-53(47)64/h5-31H,1-4H3. The molecule has 0 saturated carbocycles. The predicted octanol–water partition coefficient (Wildman–Crippen LogP) is 13.7. The summed E-state index contributed by atoms with van der Waals surface area (Å²) < 4.78 is 4.48. The highest BCUT2D eigenvalue weighted by Gasteiger charge is 2.22. The van der Waals surface area contributed by atoms with Crippen LogP contribution in [0.1, 0.15) is 33.4 Å². The number of nitrogens with zero attached hydrogens (tertiary/aromatic N) is 7. The molecular weight excluding hydrogens is 783 g/mol. The van der Waals surface area contributed by atoms with Crippen LogP contribution in [-0.2, 0) is 0 Å². The largest absolute Gasteiger partial charge is 0.309 e. The maximum atomic E-state index is 10.8. The Balaban J connectivity index is 1.12. The van der Waals surface area contributed by atoms with Gasteiger partial charge in [-0.2, -0.15) is 10.5 Å². The summed E-state index contributed by atoms with van der Waals surface area (Å²) in [5, 5.41) is 25.9. The second-order valence-corrected chi connectivity index (χ2v) is 16.7. The second-order valence-electron chi connectivity index (χ2n) is 16.7. The molecule has 0 aliphatic heterocycles. The highest BCUT2D eigenvalue weighted by atomic mass is 15.0. The van der Waals surface area contributed by atoms with Gasteiger partial charge in [0.2, 0.25) is 0 Å². The second kappa shape index (κ2) is 15.1. The van der Waals surface area contributed by atoms with Crippen LogP contribution < -0.4 is 0 Å². The Morgan fingerprint density at radius 1 is 0.359 bits per heavy atom. The van der Waals surface area contributed by atoms with E-state index >= 15 is 0 Å². The SMILES string of the molecule is Cc1ccc2c(c1)c1cc(C)ccc1n2-c1ccc(-c2nc(-c3ccccc3)nc(-c3ccc(-n4c5ccc(C)cc5c5cc(C)ccc54)c(-c4ccccc4C#N)c3)n2)cc1C#N. The fraction of sp³-hybridized carbons (Fsp3) is 0.0702. The topological polar surface area (TPSA) is 96.1 Å². The number of rotatable bonds is 6. The van der Waals surface area contributed by atoms with Gasteiger partial charge in [-0.3, -0.25) is 0 Å². The molecule has 0 aliphatic carbocycles. The summed E-state index contributed by atoms with van der Waals surface area (Å²) in [5.74, 6) is 1.42. The van der Waals surface area contributed by atoms with Crippen molar-refractivity contribution >= 4 is 43.6 Å². The van der Waals surface area contributed by atoms with Crippen LogP contribution in [0.4, 0.5) is 0 Å². The van der Waals surface area contributed by atoms with Crippen molar-refractivity contribution in [1.82, 2.24) is 24.1 Å². The maximum absolute atomic E-state index is 10.8. The molecule has 0 radical (unpaired) electrons. The minimum absolute atomic E-state index is 0.441. The number of hydrogen-bond acceptors (Lipinski definition) is 5. The summed E-state index contributed by atoms with van der Waals surface area (Å²) in [7, 11) is 0. The summed E-state index contributed by atoms with van der Waals surface area (Å²) in [5.41, 5.74) is 15.7. The molecule has 0 atom stereocenters. The van der Waals surface area contributed by atoms with Crippen molar-refractivity contribution in [3.63, 3.8) is 0 Å². The molecule has 0 spiro atoms. The van der Waals surface area contributed by atoms with Gasteiger partial charge >= 0.3 is 0 Å². The molecular formula is C57H39N7. The van der Waals surface area contributed by atoms with E-state index in [1.807, 2.05) is 72.8 Å². The van der Waals surface area contributed by atoms with Crippen LogP contribution in [-0.4, -0.2) is 24.1 Å². The van der Waals surface area contributed by atoms with E-state index < -0.39 is 0 Å². The first kappa shape index (κ1) is 38.3. The van der Waals surface area contributed by atoms with Gasteiger partial charge in [0.25, 0.3) is 0 Å². The number of nitriles is 2. The molecule has 11 rings (SSSR count). The normalized spacial score (nSPS) is 11.4. The first-order valence-electron chi connectivity index (χ1n) is 21.3. The van der Waals surface area contributed by atoms with Crippen LogP contribution in [0.15, 0.2) is 164 Å². The molecule has 0 N–H and O–H groups in total. The fourth-order valence-electron chi connectivity index (χ4n) is 9.23. The van der Waals surface area contributed by atoms with E-state index in [2.05, 4.69) is 140 Å². The lowest BCUT2D eigenvalue weighted by Crippen LogP contribution is -2.03. The minimum Gasteiger partial charge on any atom is -0.309 e. The van der Waals surface area contributed by atoms with Crippen LogP contribution in [0, 0.1) is 50.4 Å². The van der Waals surface area contributed by atoms with Gasteiger partial charge in [0, 0.05) is 49.4 Å². The first-order chi connectivity index (χ1) is 31.3. The van der Waals surface area contributed by atoms with E-state index in [1.54, 1.807) is 0 Å². The molecule has 7 heteroatoms. The highest BCUT2D eigenvalue weighted by molar-refractivity contribution is 6.11. The molecule has 7 nitrogen and oxygen atoms in total. The van der Waals surface area contributed by atoms with Crippen LogP contribution in [0.25, 0.3) is 100 Å². The van der Waals surface area contributed by atoms with Gasteiger partial charge in [-0.05, 0) is 119 Å². The molecule has 0 bridgehead atoms. The quantitative estimate of drug-likeness (QED) is 0.166. The van der Waals surface area contributed by atoms with Crippen molar-refractivity contribution in [2.24, 2.45) is 0 Å². The van der Waals surface area contributed by atoms with Crippen molar-refractivity contribution in [3.8, 4) is 68.8 Å². The van der Waals surface area contributed by atoms with Crippen molar-refractivity contribution in [1.29, 1.82) is 10.5 Å². The predicted molar refractivity (Wildman–Crippen MR) is 259 cm³/mol. The lowest BCUT2D eigenvalue weighted by molar-refractivity contribution is 1.07. The molecule has 0 aliphatic rings. The third-order valence-electron chi connectivity index (χ3n) is 12.3. The average Bonchev–Trinajstić information content (AvgIpc) is 3.81. The third kappa shape index (κ3) is 6.30. The average molecular weight is 822 g/mol. The zero-order chi connectivity index (χ0) is 43.6. The Labute approximate surface area is 370 Å². The van der Waals surface area contributed by atoms with Gasteiger partial charge < -0.3 is 9.13 Å². The highest BCUT2D eigenvalue weighted by Crippen LogP contribution is 2.40. The van der Waals surface area contributed by atoms with Crippen LogP contribution in [0.2, 0.25) is 0 Å². The molecule has 0 unspecified atom stereocenters. The Morgan fingerprint density at radius 2 is 0.781 bits per heavy atom. The fourth-order valence-corrected chi connectivity index (χ4v) is 9.23. The lowest BCUT2D eigenvalue weighted by Gasteiger charge is -2.17. The molecule has 0 amide bonds. The van der Waals surface area contributed by atoms with Gasteiger partial charge in [0.1, 0.15) is 6.07 Å². The number of aryl methyl sites for hydroxylation is 4. The van der Waals surface area contributed by atoms with Crippen LogP contribution in [0.3, 0.4) is 0 Å². The molecule has 302 valence electrons. The van der Waals surface area contributed by atoms with Crippen molar-refractivity contribution in [3.05, 3.63) is 197 Å². The summed E-state index contributed by atoms with van der Waals surface area (Å²) in [6.07, 6.45) is 0. The van der Waals surface area contributed by atoms with Gasteiger partial charge in [-0.15, -0.1) is 0 Å². The Kier molecular flexibility index (Phi) is 9.01. The van der Waals surface area contributed by atoms with E-state index in [-0.39, 0.29) is 0 Å². The summed E-state index contributed by atoms with van der Waals surface area (Å²) in [6, 6.07) is 60.8. The zero-order valence-electron chi connectivity index (χ0n) is 35.7. The minimum atomic E-state index is 0.441. The Bertz CT molecular complexity index is 3680. The Morgan fingerprint density at radius 3 is 1.28 bits per heavy atom.